The number of amides is 1. The maximum absolute atomic E-state index is 12.8. The quantitative estimate of drug-likeness (QED) is 0.757. The molecule has 150 valence electrons. The smallest absolute Gasteiger partial charge is 0.220 e. The Morgan fingerprint density at radius 3 is 2.57 bits per heavy atom. The summed E-state index contributed by atoms with van der Waals surface area (Å²) in [4.78, 5) is 15.1. The average molecular weight is 383 g/mol. The van der Waals surface area contributed by atoms with Gasteiger partial charge in [0.1, 0.15) is 5.76 Å². The number of aryl methyl sites for hydroxylation is 1. The Labute approximate surface area is 167 Å². The van der Waals surface area contributed by atoms with Gasteiger partial charge in [-0.05, 0) is 49.3 Å². The molecule has 1 aromatic heterocycles. The molecule has 2 aromatic rings. The lowest BCUT2D eigenvalue weighted by molar-refractivity contribution is -0.122. The Morgan fingerprint density at radius 1 is 1.18 bits per heavy atom. The van der Waals surface area contributed by atoms with Gasteiger partial charge in [0.15, 0.2) is 0 Å². The van der Waals surface area contributed by atoms with Gasteiger partial charge >= 0.3 is 0 Å². The van der Waals surface area contributed by atoms with Crippen molar-refractivity contribution in [2.24, 2.45) is 5.92 Å². The zero-order chi connectivity index (χ0) is 19.3. The number of hydrogen-bond acceptors (Lipinski definition) is 4. The van der Waals surface area contributed by atoms with Crippen molar-refractivity contribution >= 4 is 5.91 Å². The molecule has 2 atom stereocenters. The highest BCUT2D eigenvalue weighted by Crippen LogP contribution is 2.44. The molecular formula is C23H30N2O3. The first kappa shape index (κ1) is 19.2. The molecule has 1 amide bonds. The lowest BCUT2D eigenvalue weighted by Crippen LogP contribution is -2.43. The maximum Gasteiger partial charge on any atom is 0.220 e. The molecule has 2 unspecified atom stereocenters. The molecule has 2 heterocycles. The van der Waals surface area contributed by atoms with Crippen LogP contribution in [-0.2, 0) is 9.53 Å². The second-order valence-electron chi connectivity index (χ2n) is 8.04. The number of carbonyl (C=O) groups is 1. The van der Waals surface area contributed by atoms with E-state index in [-0.39, 0.29) is 11.9 Å². The van der Waals surface area contributed by atoms with Crippen LogP contribution >= 0.6 is 0 Å². The lowest BCUT2D eigenvalue weighted by Gasteiger charge is -2.33. The topological polar surface area (TPSA) is 54.7 Å². The van der Waals surface area contributed by atoms with Gasteiger partial charge in [-0.3, -0.25) is 9.69 Å². The standard InChI is InChI=1S/C23H30N2O3/c1-17-4-6-18(7-5-17)20(19-8-9-19)15-23(26)24-16-21(22-3-2-12-28-22)25-10-13-27-14-11-25/h2-7,12,19-21H,8-11,13-16H2,1H3,(H,24,26). The minimum absolute atomic E-state index is 0.0570. The van der Waals surface area contributed by atoms with Crippen LogP contribution in [0.4, 0.5) is 0 Å². The molecule has 1 aliphatic carbocycles. The second kappa shape index (κ2) is 8.93. The zero-order valence-electron chi connectivity index (χ0n) is 16.6. The van der Waals surface area contributed by atoms with E-state index in [4.69, 9.17) is 9.15 Å². The molecule has 0 spiro atoms. The Kier molecular flexibility index (Phi) is 6.13. The van der Waals surface area contributed by atoms with Crippen molar-refractivity contribution in [3.8, 4) is 0 Å². The van der Waals surface area contributed by atoms with E-state index >= 15 is 0 Å². The number of hydrogen-bond donors (Lipinski definition) is 1. The van der Waals surface area contributed by atoms with Crippen molar-refractivity contribution in [1.82, 2.24) is 10.2 Å². The molecule has 0 radical (unpaired) electrons. The van der Waals surface area contributed by atoms with Crippen LogP contribution in [-0.4, -0.2) is 43.7 Å². The third kappa shape index (κ3) is 4.83. The summed E-state index contributed by atoms with van der Waals surface area (Å²) < 4.78 is 11.1. The second-order valence-corrected chi connectivity index (χ2v) is 8.04. The molecule has 2 fully saturated rings. The number of ether oxygens (including phenoxy) is 1. The van der Waals surface area contributed by atoms with Gasteiger partial charge in [0.05, 0.1) is 25.5 Å². The highest BCUT2D eigenvalue weighted by Gasteiger charge is 2.34. The summed E-state index contributed by atoms with van der Waals surface area (Å²) in [6.07, 6.45) is 4.72. The fourth-order valence-corrected chi connectivity index (χ4v) is 4.13. The number of furan rings is 1. The van der Waals surface area contributed by atoms with Crippen molar-refractivity contribution in [3.05, 3.63) is 59.5 Å². The third-order valence-electron chi connectivity index (χ3n) is 5.95. The molecule has 5 nitrogen and oxygen atoms in total. The predicted octanol–water partition coefficient (Wildman–Crippen LogP) is 3.66. The van der Waals surface area contributed by atoms with Crippen LogP contribution in [0.2, 0.25) is 0 Å². The molecule has 2 aliphatic rings. The molecule has 1 saturated carbocycles. The zero-order valence-corrected chi connectivity index (χ0v) is 16.6. The number of nitrogens with one attached hydrogen (secondary N) is 1. The van der Waals surface area contributed by atoms with Gasteiger partial charge in [-0.2, -0.15) is 0 Å². The number of carbonyl (C=O) groups excluding carboxylic acids is 1. The van der Waals surface area contributed by atoms with Crippen molar-refractivity contribution in [2.75, 3.05) is 32.8 Å². The van der Waals surface area contributed by atoms with E-state index in [0.717, 1.165) is 32.1 Å². The van der Waals surface area contributed by atoms with Crippen molar-refractivity contribution in [2.45, 2.75) is 38.1 Å². The summed E-state index contributed by atoms with van der Waals surface area (Å²) >= 11 is 0. The molecule has 28 heavy (non-hydrogen) atoms. The van der Waals surface area contributed by atoms with Crippen LogP contribution in [0.5, 0.6) is 0 Å². The third-order valence-corrected chi connectivity index (χ3v) is 5.95. The van der Waals surface area contributed by atoms with Crippen molar-refractivity contribution in [1.29, 1.82) is 0 Å². The van der Waals surface area contributed by atoms with Crippen LogP contribution < -0.4 is 5.32 Å². The van der Waals surface area contributed by atoms with Crippen LogP contribution in [0.3, 0.4) is 0 Å². The van der Waals surface area contributed by atoms with Gasteiger partial charge < -0.3 is 14.5 Å². The number of morpholine rings is 1. The number of nitrogens with zero attached hydrogens (tertiary/aromatic N) is 1. The maximum atomic E-state index is 12.8. The lowest BCUT2D eigenvalue weighted by atomic mass is 9.90. The van der Waals surface area contributed by atoms with Gasteiger partial charge in [0.25, 0.3) is 0 Å². The van der Waals surface area contributed by atoms with Gasteiger partial charge in [0, 0.05) is 26.1 Å². The molecule has 1 saturated heterocycles. The largest absolute Gasteiger partial charge is 0.468 e. The van der Waals surface area contributed by atoms with E-state index in [0.29, 0.717) is 24.8 Å². The highest BCUT2D eigenvalue weighted by molar-refractivity contribution is 5.77. The summed E-state index contributed by atoms with van der Waals surface area (Å²) in [6, 6.07) is 12.6. The van der Waals surface area contributed by atoms with Gasteiger partial charge in [-0.1, -0.05) is 29.8 Å². The fraction of sp³-hybridized carbons (Fsp3) is 0.522. The molecule has 0 bridgehead atoms. The van der Waals surface area contributed by atoms with Crippen LogP contribution in [0, 0.1) is 12.8 Å². The number of rotatable bonds is 8. The summed E-state index contributed by atoms with van der Waals surface area (Å²) in [6.45, 7) is 5.83. The minimum Gasteiger partial charge on any atom is -0.468 e. The molecule has 1 aliphatic heterocycles. The molecular weight excluding hydrogens is 352 g/mol. The van der Waals surface area contributed by atoms with Gasteiger partial charge in [-0.25, -0.2) is 0 Å². The molecule has 5 heteroatoms. The Bertz CT molecular complexity index is 747. The molecule has 4 rings (SSSR count). The molecule has 1 aromatic carbocycles. The van der Waals surface area contributed by atoms with Crippen LogP contribution in [0.25, 0.3) is 0 Å². The summed E-state index contributed by atoms with van der Waals surface area (Å²) in [5, 5.41) is 3.18. The minimum atomic E-state index is 0.0570. The van der Waals surface area contributed by atoms with E-state index in [1.165, 1.54) is 24.0 Å². The average Bonchev–Trinajstić information content (AvgIpc) is 3.42. The Hall–Kier alpha value is -2.11. The first-order valence-corrected chi connectivity index (χ1v) is 10.4. The molecule has 1 N–H and O–H groups in total. The van der Waals surface area contributed by atoms with Gasteiger partial charge in [-0.15, -0.1) is 0 Å². The normalized spacial score (nSPS) is 19.9. The fourth-order valence-electron chi connectivity index (χ4n) is 4.13. The van der Waals surface area contributed by atoms with E-state index in [2.05, 4.69) is 41.4 Å². The Morgan fingerprint density at radius 2 is 1.93 bits per heavy atom. The van der Waals surface area contributed by atoms with Crippen molar-refractivity contribution in [3.63, 3.8) is 0 Å². The first-order chi connectivity index (χ1) is 13.7. The SMILES string of the molecule is Cc1ccc(C(CC(=O)NCC(c2ccco2)N2CCOCC2)C2CC2)cc1. The van der Waals surface area contributed by atoms with E-state index in [1.54, 1.807) is 6.26 Å². The summed E-state index contributed by atoms with van der Waals surface area (Å²) in [5.74, 6) is 2.00. The van der Waals surface area contributed by atoms with Crippen LogP contribution in [0.1, 0.15) is 48.1 Å². The van der Waals surface area contributed by atoms with E-state index < -0.39 is 0 Å². The van der Waals surface area contributed by atoms with Crippen molar-refractivity contribution < 1.29 is 13.9 Å². The number of benzene rings is 1. The van der Waals surface area contributed by atoms with E-state index in [9.17, 15) is 4.79 Å². The first-order valence-electron chi connectivity index (χ1n) is 10.4. The van der Waals surface area contributed by atoms with Gasteiger partial charge in [0.2, 0.25) is 5.91 Å². The predicted molar refractivity (Wildman–Crippen MR) is 108 cm³/mol. The highest BCUT2D eigenvalue weighted by atomic mass is 16.5. The van der Waals surface area contributed by atoms with Crippen LogP contribution in [0.15, 0.2) is 47.1 Å². The van der Waals surface area contributed by atoms with E-state index in [1.807, 2.05) is 12.1 Å². The monoisotopic (exact) mass is 382 g/mol. The summed E-state index contributed by atoms with van der Waals surface area (Å²) in [7, 11) is 0. The Balaban J connectivity index is 1.38. The summed E-state index contributed by atoms with van der Waals surface area (Å²) in [5.41, 5.74) is 2.55.